The van der Waals surface area contributed by atoms with E-state index in [1.807, 2.05) is 13.8 Å². The number of nitrogens with zero attached hydrogens (tertiary/aromatic N) is 3. The van der Waals surface area contributed by atoms with Crippen LogP contribution in [-0.2, 0) is 9.59 Å². The highest BCUT2D eigenvalue weighted by atomic mass is 16.4. The monoisotopic (exact) mass is 373 g/mol. The zero-order valence-electron chi connectivity index (χ0n) is 15.5. The fraction of sp³-hybridized carbons (Fsp3) is 0.389. The van der Waals surface area contributed by atoms with Crippen LogP contribution in [0.2, 0.25) is 0 Å². The molecule has 3 N–H and O–H groups in total. The number of carboxylic acids is 1. The van der Waals surface area contributed by atoms with Gasteiger partial charge in [0.05, 0.1) is 12.2 Å². The van der Waals surface area contributed by atoms with Gasteiger partial charge in [-0.2, -0.15) is 5.10 Å². The number of aryl methyl sites for hydroxylation is 1. The van der Waals surface area contributed by atoms with Crippen molar-refractivity contribution in [3.05, 3.63) is 42.0 Å². The van der Waals surface area contributed by atoms with Crippen molar-refractivity contribution >= 4 is 17.8 Å². The first-order valence-electron chi connectivity index (χ1n) is 8.54. The third-order valence-corrected chi connectivity index (χ3v) is 3.89. The van der Waals surface area contributed by atoms with Crippen molar-refractivity contribution < 1.29 is 19.5 Å². The molecule has 144 valence electrons. The summed E-state index contributed by atoms with van der Waals surface area (Å²) in [6, 6.07) is 4.17. The number of hydrogen-bond acceptors (Lipinski definition) is 5. The highest BCUT2D eigenvalue weighted by molar-refractivity contribution is 5.98. The van der Waals surface area contributed by atoms with Crippen LogP contribution in [0.3, 0.4) is 0 Å². The predicted octanol–water partition coefficient (Wildman–Crippen LogP) is 0.921. The number of carbonyl (C=O) groups is 3. The highest BCUT2D eigenvalue weighted by Crippen LogP contribution is 2.13. The van der Waals surface area contributed by atoms with E-state index in [0.717, 1.165) is 5.69 Å². The molecule has 0 bridgehead atoms. The Morgan fingerprint density at radius 1 is 1.26 bits per heavy atom. The minimum absolute atomic E-state index is 0.118. The van der Waals surface area contributed by atoms with Crippen molar-refractivity contribution in [3.63, 3.8) is 0 Å². The Bertz CT molecular complexity index is 817. The Balaban J connectivity index is 1.95. The number of benzene rings is 1. The molecule has 0 saturated carbocycles. The van der Waals surface area contributed by atoms with Gasteiger partial charge in [0.25, 0.3) is 5.91 Å². The molecule has 0 aliphatic heterocycles. The molecule has 0 spiro atoms. The van der Waals surface area contributed by atoms with Crippen molar-refractivity contribution in [1.82, 2.24) is 25.4 Å². The summed E-state index contributed by atoms with van der Waals surface area (Å²) < 4.78 is 1.57. The Labute approximate surface area is 156 Å². The second-order valence-electron chi connectivity index (χ2n) is 6.61. The quantitative estimate of drug-likeness (QED) is 0.632. The minimum atomic E-state index is -1.09. The standard InChI is InChI=1S/C18H23N5O4/c1-11(2)6-15(18(26)27)22-16(24)8-20-17(25)14-5-4-13(7-12(14)3)23-10-19-9-21-23/h4-5,7,9-11,15H,6,8H2,1-3H3,(H,20,25)(H,22,24)(H,26,27)/t15-/m0/s1. The van der Waals surface area contributed by atoms with Gasteiger partial charge in [-0.25, -0.2) is 14.5 Å². The SMILES string of the molecule is Cc1cc(-n2cncn2)ccc1C(=O)NCC(=O)N[C@@H](CC(C)C)C(=O)O. The highest BCUT2D eigenvalue weighted by Gasteiger charge is 2.21. The molecule has 2 aromatic rings. The maximum atomic E-state index is 12.3. The predicted molar refractivity (Wildman–Crippen MR) is 97.5 cm³/mol. The molecule has 0 aliphatic carbocycles. The number of hydrogen-bond donors (Lipinski definition) is 3. The lowest BCUT2D eigenvalue weighted by Crippen LogP contribution is -2.46. The van der Waals surface area contributed by atoms with Gasteiger partial charge in [0, 0.05) is 5.56 Å². The molecule has 9 heteroatoms. The summed E-state index contributed by atoms with van der Waals surface area (Å²) in [6.07, 6.45) is 3.28. The first-order chi connectivity index (χ1) is 12.8. The lowest BCUT2D eigenvalue weighted by Gasteiger charge is -2.16. The molecule has 2 rings (SSSR count). The molecular formula is C18H23N5O4. The molecule has 0 radical (unpaired) electrons. The number of rotatable bonds is 8. The van der Waals surface area contributed by atoms with Crippen molar-refractivity contribution in [2.24, 2.45) is 5.92 Å². The van der Waals surface area contributed by atoms with Gasteiger partial charge >= 0.3 is 5.97 Å². The Hall–Kier alpha value is -3.23. The van der Waals surface area contributed by atoms with Gasteiger partial charge < -0.3 is 15.7 Å². The number of carboxylic acid groups (broad SMARTS) is 1. The Morgan fingerprint density at radius 2 is 2.00 bits per heavy atom. The van der Waals surface area contributed by atoms with Crippen LogP contribution in [-0.4, -0.2) is 50.2 Å². The van der Waals surface area contributed by atoms with E-state index in [1.165, 1.54) is 6.33 Å². The average Bonchev–Trinajstić information content (AvgIpc) is 3.13. The van der Waals surface area contributed by atoms with Gasteiger partial charge in [-0.1, -0.05) is 13.8 Å². The van der Waals surface area contributed by atoms with E-state index in [1.54, 1.807) is 36.1 Å². The largest absolute Gasteiger partial charge is 0.480 e. The molecule has 0 unspecified atom stereocenters. The zero-order chi connectivity index (χ0) is 20.0. The first kappa shape index (κ1) is 20.1. The third kappa shape index (κ3) is 5.63. The van der Waals surface area contributed by atoms with E-state index in [0.29, 0.717) is 17.5 Å². The van der Waals surface area contributed by atoms with Crippen LogP contribution in [0.1, 0.15) is 36.2 Å². The number of amides is 2. The summed E-state index contributed by atoms with van der Waals surface area (Å²) >= 11 is 0. The van der Waals surface area contributed by atoms with Crippen LogP contribution in [0.15, 0.2) is 30.9 Å². The van der Waals surface area contributed by atoms with Gasteiger partial charge in [-0.05, 0) is 43.0 Å². The van der Waals surface area contributed by atoms with Gasteiger partial charge in [0.1, 0.15) is 18.7 Å². The van der Waals surface area contributed by atoms with Crippen molar-refractivity contribution in [2.75, 3.05) is 6.54 Å². The average molecular weight is 373 g/mol. The van der Waals surface area contributed by atoms with Crippen LogP contribution in [0.5, 0.6) is 0 Å². The van der Waals surface area contributed by atoms with E-state index < -0.39 is 23.8 Å². The van der Waals surface area contributed by atoms with Gasteiger partial charge in [-0.15, -0.1) is 0 Å². The van der Waals surface area contributed by atoms with Gasteiger partial charge in [0.15, 0.2) is 0 Å². The lowest BCUT2D eigenvalue weighted by molar-refractivity contribution is -0.142. The normalized spacial score (nSPS) is 11.9. The Morgan fingerprint density at radius 3 is 2.56 bits per heavy atom. The van der Waals surface area contributed by atoms with Crippen molar-refractivity contribution in [3.8, 4) is 5.69 Å². The first-order valence-corrected chi connectivity index (χ1v) is 8.54. The Kier molecular flexibility index (Phi) is 6.64. The van der Waals surface area contributed by atoms with Crippen LogP contribution in [0.4, 0.5) is 0 Å². The molecule has 1 heterocycles. The molecule has 0 saturated heterocycles. The molecule has 27 heavy (non-hydrogen) atoms. The summed E-state index contributed by atoms with van der Waals surface area (Å²) in [5.41, 5.74) is 1.89. The fourth-order valence-corrected chi connectivity index (χ4v) is 2.58. The van der Waals surface area contributed by atoms with E-state index in [9.17, 15) is 14.4 Å². The second kappa shape index (κ2) is 8.93. The molecule has 1 atom stereocenters. The number of aliphatic carboxylic acids is 1. The summed E-state index contributed by atoms with van der Waals surface area (Å²) in [6.45, 7) is 5.22. The van der Waals surface area contributed by atoms with Crippen LogP contribution >= 0.6 is 0 Å². The summed E-state index contributed by atoms with van der Waals surface area (Å²) in [5.74, 6) is -1.94. The fourth-order valence-electron chi connectivity index (χ4n) is 2.58. The molecule has 2 amide bonds. The molecule has 0 aliphatic rings. The molecule has 1 aromatic heterocycles. The van der Waals surface area contributed by atoms with E-state index in [4.69, 9.17) is 5.11 Å². The van der Waals surface area contributed by atoms with Crippen LogP contribution in [0.25, 0.3) is 5.69 Å². The van der Waals surface area contributed by atoms with Crippen molar-refractivity contribution in [2.45, 2.75) is 33.2 Å². The second-order valence-corrected chi connectivity index (χ2v) is 6.61. The zero-order valence-corrected chi connectivity index (χ0v) is 15.5. The molecule has 1 aromatic carbocycles. The lowest BCUT2D eigenvalue weighted by atomic mass is 10.0. The number of nitrogens with one attached hydrogen (secondary N) is 2. The number of carbonyl (C=O) groups excluding carboxylic acids is 2. The molecule has 9 nitrogen and oxygen atoms in total. The maximum absolute atomic E-state index is 12.3. The van der Waals surface area contributed by atoms with E-state index in [-0.39, 0.29) is 12.5 Å². The van der Waals surface area contributed by atoms with Gasteiger partial charge in [0.2, 0.25) is 5.91 Å². The maximum Gasteiger partial charge on any atom is 0.326 e. The summed E-state index contributed by atoms with van der Waals surface area (Å²) in [7, 11) is 0. The van der Waals surface area contributed by atoms with E-state index in [2.05, 4.69) is 20.7 Å². The topological polar surface area (TPSA) is 126 Å². The van der Waals surface area contributed by atoms with Crippen LogP contribution < -0.4 is 10.6 Å². The molecular weight excluding hydrogens is 350 g/mol. The molecule has 0 fully saturated rings. The minimum Gasteiger partial charge on any atom is -0.480 e. The summed E-state index contributed by atoms with van der Waals surface area (Å²) in [5, 5.41) is 18.1. The van der Waals surface area contributed by atoms with Crippen molar-refractivity contribution in [1.29, 1.82) is 0 Å². The van der Waals surface area contributed by atoms with Gasteiger partial charge in [-0.3, -0.25) is 9.59 Å². The summed E-state index contributed by atoms with van der Waals surface area (Å²) in [4.78, 5) is 39.4. The number of aromatic nitrogens is 3. The smallest absolute Gasteiger partial charge is 0.326 e. The van der Waals surface area contributed by atoms with Crippen LogP contribution in [0, 0.1) is 12.8 Å². The third-order valence-electron chi connectivity index (χ3n) is 3.89. The van der Waals surface area contributed by atoms with E-state index >= 15 is 0 Å².